The molecule has 0 aromatic heterocycles. The van der Waals surface area contributed by atoms with Crippen molar-refractivity contribution in [1.29, 1.82) is 0 Å². The fraction of sp³-hybridized carbons (Fsp3) is 0.333. The number of benzene rings is 1. The molecule has 0 radical (unpaired) electrons. The molecule has 1 aliphatic heterocycles. The van der Waals surface area contributed by atoms with Crippen molar-refractivity contribution in [3.05, 3.63) is 28.2 Å². The second-order valence-corrected chi connectivity index (χ2v) is 7.37. The Labute approximate surface area is 129 Å². The normalized spacial score (nSPS) is 19.6. The zero-order valence-electron chi connectivity index (χ0n) is 10.8. The number of nitrogens with two attached hydrogens (primary N) is 1. The molecule has 1 aliphatic rings. The Morgan fingerprint density at radius 1 is 1.38 bits per heavy atom. The van der Waals surface area contributed by atoms with E-state index in [-0.39, 0.29) is 21.5 Å². The summed E-state index contributed by atoms with van der Waals surface area (Å²) in [6, 6.07) is 2.83. The van der Waals surface area contributed by atoms with Crippen LogP contribution in [0.15, 0.2) is 27.6 Å². The van der Waals surface area contributed by atoms with Crippen LogP contribution < -0.4 is 5.73 Å². The van der Waals surface area contributed by atoms with Crippen molar-refractivity contribution in [3.8, 4) is 0 Å². The SMILES string of the molecule is NC(=O)[C@H]1CCCN1S(=O)(=O)c1ccc(Br)c(C(=O)O)c1. The molecule has 3 N–H and O–H groups in total. The third-order valence-corrected chi connectivity index (χ3v) is 5.90. The van der Waals surface area contributed by atoms with Gasteiger partial charge in [-0.25, -0.2) is 13.2 Å². The number of carboxylic acid groups (broad SMARTS) is 1. The second-order valence-electron chi connectivity index (χ2n) is 4.62. The molecule has 0 aliphatic carbocycles. The van der Waals surface area contributed by atoms with Gasteiger partial charge in [-0.05, 0) is 47.0 Å². The van der Waals surface area contributed by atoms with E-state index in [4.69, 9.17) is 10.8 Å². The van der Waals surface area contributed by atoms with Gasteiger partial charge in [0, 0.05) is 11.0 Å². The van der Waals surface area contributed by atoms with Crippen LogP contribution in [0.2, 0.25) is 0 Å². The van der Waals surface area contributed by atoms with Crippen LogP contribution in [0, 0.1) is 0 Å². The first kappa shape index (κ1) is 15.9. The van der Waals surface area contributed by atoms with Crippen LogP contribution in [0.1, 0.15) is 23.2 Å². The van der Waals surface area contributed by atoms with Gasteiger partial charge in [0.1, 0.15) is 6.04 Å². The van der Waals surface area contributed by atoms with Crippen molar-refractivity contribution < 1.29 is 23.1 Å². The molecule has 1 fully saturated rings. The van der Waals surface area contributed by atoms with Crippen molar-refractivity contribution in [3.63, 3.8) is 0 Å². The highest BCUT2D eigenvalue weighted by Crippen LogP contribution is 2.28. The number of hydrogen-bond acceptors (Lipinski definition) is 4. The average Bonchev–Trinajstić information content (AvgIpc) is 2.88. The van der Waals surface area contributed by atoms with Gasteiger partial charge in [0.05, 0.1) is 10.5 Å². The molecule has 0 bridgehead atoms. The van der Waals surface area contributed by atoms with E-state index in [2.05, 4.69) is 15.9 Å². The van der Waals surface area contributed by atoms with Crippen molar-refractivity contribution in [2.75, 3.05) is 6.54 Å². The first-order valence-electron chi connectivity index (χ1n) is 6.09. The zero-order chi connectivity index (χ0) is 15.8. The van der Waals surface area contributed by atoms with E-state index in [9.17, 15) is 18.0 Å². The Morgan fingerprint density at radius 2 is 2.05 bits per heavy atom. The molecule has 21 heavy (non-hydrogen) atoms. The smallest absolute Gasteiger partial charge is 0.336 e. The minimum atomic E-state index is -3.96. The number of carbonyl (C=O) groups excluding carboxylic acids is 1. The fourth-order valence-corrected chi connectivity index (χ4v) is 4.38. The Kier molecular flexibility index (Phi) is 4.35. The Morgan fingerprint density at radius 3 is 2.62 bits per heavy atom. The van der Waals surface area contributed by atoms with Crippen molar-refractivity contribution in [2.45, 2.75) is 23.8 Å². The van der Waals surface area contributed by atoms with E-state index in [0.717, 1.165) is 10.4 Å². The molecule has 1 aromatic carbocycles. The van der Waals surface area contributed by atoms with E-state index in [1.165, 1.54) is 12.1 Å². The van der Waals surface area contributed by atoms with Gasteiger partial charge < -0.3 is 10.8 Å². The highest BCUT2D eigenvalue weighted by atomic mass is 79.9. The topological polar surface area (TPSA) is 118 Å². The standard InChI is InChI=1S/C12H13BrN2O5S/c13-9-4-3-7(6-8(9)12(17)18)21(19,20)15-5-1-2-10(15)11(14)16/h3-4,6,10H,1-2,5H2,(H2,14,16)(H,17,18)/t10-/m1/s1. The van der Waals surface area contributed by atoms with Gasteiger partial charge in [-0.2, -0.15) is 4.31 Å². The van der Waals surface area contributed by atoms with Gasteiger partial charge in [0.25, 0.3) is 0 Å². The van der Waals surface area contributed by atoms with Gasteiger partial charge in [-0.1, -0.05) is 0 Å². The lowest BCUT2D eigenvalue weighted by molar-refractivity contribution is -0.121. The van der Waals surface area contributed by atoms with Gasteiger partial charge in [0.2, 0.25) is 15.9 Å². The first-order chi connectivity index (χ1) is 9.75. The van der Waals surface area contributed by atoms with Gasteiger partial charge >= 0.3 is 5.97 Å². The van der Waals surface area contributed by atoms with Crippen LogP contribution in [-0.2, 0) is 14.8 Å². The maximum Gasteiger partial charge on any atom is 0.336 e. The van der Waals surface area contributed by atoms with Gasteiger partial charge in [-0.3, -0.25) is 4.79 Å². The molecule has 1 heterocycles. The third kappa shape index (κ3) is 2.94. The van der Waals surface area contributed by atoms with Gasteiger partial charge in [0.15, 0.2) is 0 Å². The molecule has 0 saturated carbocycles. The minimum Gasteiger partial charge on any atom is -0.478 e. The second kappa shape index (κ2) is 5.74. The maximum atomic E-state index is 12.5. The number of amides is 1. The molecule has 9 heteroatoms. The van der Waals surface area contributed by atoms with Crippen molar-refractivity contribution >= 4 is 37.8 Å². The summed E-state index contributed by atoms with van der Waals surface area (Å²) in [6.07, 6.45) is 0.909. The predicted octanol–water partition coefficient (Wildman–Crippen LogP) is 0.786. The molecule has 1 saturated heterocycles. The summed E-state index contributed by atoms with van der Waals surface area (Å²) in [7, 11) is -3.96. The third-order valence-electron chi connectivity index (χ3n) is 3.31. The number of aromatic carboxylic acids is 1. The summed E-state index contributed by atoms with van der Waals surface area (Å²) in [4.78, 5) is 22.2. The molecule has 2 rings (SSSR count). The molecule has 114 valence electrons. The van der Waals surface area contributed by atoms with Crippen LogP contribution in [0.3, 0.4) is 0 Å². The molecule has 0 spiro atoms. The van der Waals surface area contributed by atoms with E-state index < -0.39 is 27.9 Å². The number of primary amides is 1. The van der Waals surface area contributed by atoms with Crippen LogP contribution in [0.5, 0.6) is 0 Å². The van der Waals surface area contributed by atoms with Crippen molar-refractivity contribution in [2.24, 2.45) is 5.73 Å². The van der Waals surface area contributed by atoms with Gasteiger partial charge in [-0.15, -0.1) is 0 Å². The Bertz CT molecular complexity index is 704. The Hall–Kier alpha value is -1.45. The quantitative estimate of drug-likeness (QED) is 0.804. The predicted molar refractivity (Wildman–Crippen MR) is 77.2 cm³/mol. The molecule has 1 atom stereocenters. The largest absolute Gasteiger partial charge is 0.478 e. The number of nitrogens with zero attached hydrogens (tertiary/aromatic N) is 1. The number of rotatable bonds is 4. The molecular formula is C12H13BrN2O5S. The summed E-state index contributed by atoms with van der Waals surface area (Å²) in [5.41, 5.74) is 5.06. The van der Waals surface area contributed by atoms with Crippen LogP contribution >= 0.6 is 15.9 Å². The summed E-state index contributed by atoms with van der Waals surface area (Å²) in [5.74, 6) is -1.95. The Balaban J connectivity index is 2.47. The van der Waals surface area contributed by atoms with Crippen LogP contribution in [0.25, 0.3) is 0 Å². The van der Waals surface area contributed by atoms with E-state index in [1.54, 1.807) is 0 Å². The number of carboxylic acids is 1. The van der Waals surface area contributed by atoms with Crippen molar-refractivity contribution in [1.82, 2.24) is 4.31 Å². The molecule has 1 aromatic rings. The first-order valence-corrected chi connectivity index (χ1v) is 8.32. The highest BCUT2D eigenvalue weighted by molar-refractivity contribution is 9.10. The monoisotopic (exact) mass is 376 g/mol. The molecule has 7 nitrogen and oxygen atoms in total. The summed E-state index contributed by atoms with van der Waals surface area (Å²) >= 11 is 3.05. The summed E-state index contributed by atoms with van der Waals surface area (Å²) < 4.78 is 26.4. The maximum absolute atomic E-state index is 12.5. The summed E-state index contributed by atoms with van der Waals surface area (Å²) in [6.45, 7) is 0.189. The average molecular weight is 377 g/mol. The molecule has 0 unspecified atom stereocenters. The lowest BCUT2D eigenvalue weighted by atomic mass is 10.2. The van der Waals surface area contributed by atoms with E-state index >= 15 is 0 Å². The number of halogens is 1. The van der Waals surface area contributed by atoms with E-state index in [1.807, 2.05) is 0 Å². The minimum absolute atomic E-state index is 0.161. The van der Waals surface area contributed by atoms with Crippen LogP contribution in [-0.4, -0.2) is 42.3 Å². The lowest BCUT2D eigenvalue weighted by Crippen LogP contribution is -2.43. The lowest BCUT2D eigenvalue weighted by Gasteiger charge is -2.21. The highest BCUT2D eigenvalue weighted by Gasteiger charge is 2.38. The molecule has 1 amide bonds. The zero-order valence-corrected chi connectivity index (χ0v) is 13.2. The number of carbonyl (C=O) groups is 2. The molecular weight excluding hydrogens is 364 g/mol. The number of hydrogen-bond donors (Lipinski definition) is 2. The van der Waals surface area contributed by atoms with E-state index in [0.29, 0.717) is 12.8 Å². The number of sulfonamides is 1. The fourth-order valence-electron chi connectivity index (χ4n) is 2.28. The summed E-state index contributed by atoms with van der Waals surface area (Å²) in [5, 5.41) is 9.05. The van der Waals surface area contributed by atoms with Crippen LogP contribution in [0.4, 0.5) is 0 Å².